The van der Waals surface area contributed by atoms with Crippen LogP contribution in [0.25, 0.3) is 21.4 Å². The Morgan fingerprint density at radius 3 is 2.43 bits per heavy atom. The van der Waals surface area contributed by atoms with Crippen molar-refractivity contribution in [2.75, 3.05) is 14.1 Å². The molecule has 0 saturated carbocycles. The summed E-state index contributed by atoms with van der Waals surface area (Å²) < 4.78 is 1.84. The number of rotatable bonds is 7. The topological polar surface area (TPSA) is 80.4 Å². The van der Waals surface area contributed by atoms with E-state index in [1.165, 1.54) is 6.42 Å². The number of fused-ring (bicyclic) bond motifs is 2. The van der Waals surface area contributed by atoms with Crippen LogP contribution in [-0.4, -0.2) is 45.1 Å². The van der Waals surface area contributed by atoms with Gasteiger partial charge in [0.15, 0.2) is 5.82 Å². The van der Waals surface area contributed by atoms with Crippen LogP contribution in [-0.2, 0) is 13.0 Å². The first-order valence-electron chi connectivity index (χ1n) is 13.3. The number of allylic oxidation sites excluding steroid dienone is 2. The summed E-state index contributed by atoms with van der Waals surface area (Å²) in [6, 6.07) is 8.44. The minimum Gasteiger partial charge on any atom is -0.313 e. The monoisotopic (exact) mass is 523 g/mol. The highest BCUT2D eigenvalue weighted by Gasteiger charge is 2.12. The molecule has 4 rings (SSSR count). The normalized spacial score (nSPS) is 11.2. The number of aliphatic imine (C=N–C) groups is 1. The predicted octanol–water partition coefficient (Wildman–Crippen LogP) is 7.25. The number of aromatic nitrogens is 5. The molecule has 0 bridgehead atoms. The molecule has 0 aliphatic heterocycles. The van der Waals surface area contributed by atoms with Crippen molar-refractivity contribution in [1.82, 2.24) is 30.1 Å². The molecule has 0 radical (unpaired) electrons. The number of nitrogens with zero attached hydrogens (tertiary/aromatic N) is 6. The molecule has 0 atom stereocenters. The number of nitrogens with one attached hydrogen (secondary N) is 1. The third-order valence-corrected chi connectivity index (χ3v) is 6.16. The van der Waals surface area contributed by atoms with Crippen LogP contribution >= 0.6 is 11.3 Å². The van der Waals surface area contributed by atoms with Crippen LogP contribution in [0.4, 0.5) is 0 Å². The van der Waals surface area contributed by atoms with E-state index in [1.807, 2.05) is 70.7 Å². The van der Waals surface area contributed by atoms with Crippen molar-refractivity contribution >= 4 is 39.0 Å². The maximum atomic E-state index is 4.60. The molecular formula is C29H45N7S. The van der Waals surface area contributed by atoms with Crippen LogP contribution in [0.15, 0.2) is 41.5 Å². The molecule has 202 valence electrons. The minimum absolute atomic E-state index is 0.664. The van der Waals surface area contributed by atoms with Crippen molar-refractivity contribution < 1.29 is 0 Å². The number of hydrogen-bond donors (Lipinski definition) is 1. The van der Waals surface area contributed by atoms with Gasteiger partial charge in [-0.2, -0.15) is 9.61 Å². The van der Waals surface area contributed by atoms with Crippen molar-refractivity contribution in [3.05, 3.63) is 58.5 Å². The van der Waals surface area contributed by atoms with Crippen molar-refractivity contribution in [1.29, 1.82) is 0 Å². The Kier molecular flexibility index (Phi) is 15.1. The standard InChI is InChI=1S/C20H21N7S.C5H12.2C2H6/c1-4-14(10-21-2)16-9-15-7-13(5-6-17(15)23-11-16)8-18-24-25-20-27(18)26-19(28-20)12-22-3;1-4-5(2)3;2*1-2/h4-7,9-11,22H,8,12H2,1-3H3;5H,4H2,1-3H3;2*1-2H3/b14-4+,21-10?;;;. The Morgan fingerprint density at radius 2 is 1.84 bits per heavy atom. The number of pyridine rings is 1. The van der Waals surface area contributed by atoms with Gasteiger partial charge in [0.2, 0.25) is 4.96 Å². The van der Waals surface area contributed by atoms with Crippen LogP contribution < -0.4 is 5.32 Å². The van der Waals surface area contributed by atoms with Gasteiger partial charge in [0.25, 0.3) is 0 Å². The van der Waals surface area contributed by atoms with Gasteiger partial charge in [0.05, 0.1) is 5.52 Å². The molecule has 0 spiro atoms. The van der Waals surface area contributed by atoms with E-state index >= 15 is 0 Å². The fraction of sp³-hybridized carbons (Fsp3) is 0.483. The second-order valence-electron chi connectivity index (χ2n) is 8.20. The van der Waals surface area contributed by atoms with Crippen molar-refractivity contribution in [2.24, 2.45) is 10.9 Å². The summed E-state index contributed by atoms with van der Waals surface area (Å²) in [5, 5.41) is 18.4. The zero-order valence-electron chi connectivity index (χ0n) is 24.3. The smallest absolute Gasteiger partial charge is 0.234 e. The molecule has 0 fully saturated rings. The van der Waals surface area contributed by atoms with E-state index in [0.717, 1.165) is 55.9 Å². The van der Waals surface area contributed by atoms with Gasteiger partial charge in [-0.05, 0) is 49.2 Å². The van der Waals surface area contributed by atoms with E-state index in [0.29, 0.717) is 6.42 Å². The second-order valence-corrected chi connectivity index (χ2v) is 9.24. The zero-order valence-corrected chi connectivity index (χ0v) is 25.1. The van der Waals surface area contributed by atoms with Gasteiger partial charge in [-0.1, -0.05) is 78.4 Å². The highest BCUT2D eigenvalue weighted by Crippen LogP contribution is 2.22. The van der Waals surface area contributed by atoms with E-state index in [-0.39, 0.29) is 0 Å². The van der Waals surface area contributed by atoms with E-state index in [1.54, 1.807) is 18.4 Å². The maximum absolute atomic E-state index is 4.60. The lowest BCUT2D eigenvalue weighted by Gasteiger charge is -2.06. The molecule has 3 aromatic heterocycles. The molecule has 4 aromatic rings. The lowest BCUT2D eigenvalue weighted by atomic mass is 10.0. The lowest BCUT2D eigenvalue weighted by molar-refractivity contribution is 0.626. The molecule has 8 heteroatoms. The molecule has 0 aliphatic rings. The molecule has 1 aromatic carbocycles. The van der Waals surface area contributed by atoms with Crippen molar-refractivity contribution in [3.8, 4) is 0 Å². The van der Waals surface area contributed by atoms with Gasteiger partial charge in [-0.25, -0.2) is 0 Å². The molecule has 0 aliphatic carbocycles. The third kappa shape index (κ3) is 9.44. The molecule has 1 N–H and O–H groups in total. The fourth-order valence-corrected chi connectivity index (χ4v) is 3.98. The maximum Gasteiger partial charge on any atom is 0.234 e. The van der Waals surface area contributed by atoms with Crippen LogP contribution in [0, 0.1) is 5.92 Å². The quantitative estimate of drug-likeness (QED) is 0.258. The number of benzene rings is 1. The molecule has 0 amide bonds. The summed E-state index contributed by atoms with van der Waals surface area (Å²) in [6.45, 7) is 17.4. The number of hydrogen-bond acceptors (Lipinski definition) is 7. The van der Waals surface area contributed by atoms with Crippen LogP contribution in [0.3, 0.4) is 0 Å². The first-order chi connectivity index (χ1) is 18.0. The van der Waals surface area contributed by atoms with E-state index < -0.39 is 0 Å². The Labute approximate surface area is 227 Å². The predicted molar refractivity (Wildman–Crippen MR) is 162 cm³/mol. The SMILES string of the molecule is C/C=C(\C=NC)c1cnc2ccc(Cc3nnc4sc(CNC)nn34)cc2c1.CC.CC.CCC(C)C. The highest BCUT2D eigenvalue weighted by molar-refractivity contribution is 7.16. The lowest BCUT2D eigenvalue weighted by Crippen LogP contribution is -2.06. The van der Waals surface area contributed by atoms with Gasteiger partial charge in [-0.3, -0.25) is 9.98 Å². The summed E-state index contributed by atoms with van der Waals surface area (Å²) >= 11 is 1.56. The first kappa shape index (κ1) is 32.1. The van der Waals surface area contributed by atoms with E-state index in [2.05, 4.69) is 69.6 Å². The zero-order chi connectivity index (χ0) is 27.8. The molecule has 0 saturated heterocycles. The average molecular weight is 524 g/mol. The van der Waals surface area contributed by atoms with Crippen molar-refractivity contribution in [2.45, 2.75) is 74.8 Å². The third-order valence-electron chi connectivity index (χ3n) is 5.26. The van der Waals surface area contributed by atoms with Gasteiger partial charge in [0, 0.05) is 43.4 Å². The summed E-state index contributed by atoms with van der Waals surface area (Å²) in [5.41, 5.74) is 4.22. The molecule has 7 nitrogen and oxygen atoms in total. The Morgan fingerprint density at radius 1 is 1.14 bits per heavy atom. The molecule has 0 unspecified atom stereocenters. The summed E-state index contributed by atoms with van der Waals surface area (Å²) in [7, 11) is 3.68. The molecular weight excluding hydrogens is 478 g/mol. The highest BCUT2D eigenvalue weighted by atomic mass is 32.1. The summed E-state index contributed by atoms with van der Waals surface area (Å²) in [5.74, 6) is 1.72. The van der Waals surface area contributed by atoms with Crippen LogP contribution in [0.1, 0.15) is 83.8 Å². The Bertz CT molecular complexity index is 1250. The van der Waals surface area contributed by atoms with Gasteiger partial charge in [0.1, 0.15) is 5.01 Å². The average Bonchev–Trinajstić information content (AvgIpc) is 3.50. The van der Waals surface area contributed by atoms with E-state index in [9.17, 15) is 0 Å². The largest absolute Gasteiger partial charge is 0.313 e. The fourth-order valence-electron chi connectivity index (χ4n) is 3.12. The first-order valence-corrected chi connectivity index (χ1v) is 14.1. The van der Waals surface area contributed by atoms with Gasteiger partial charge < -0.3 is 5.32 Å². The Hall–Kier alpha value is -2.97. The molecule has 37 heavy (non-hydrogen) atoms. The molecule has 3 heterocycles. The summed E-state index contributed by atoms with van der Waals surface area (Å²) in [4.78, 5) is 9.54. The van der Waals surface area contributed by atoms with Crippen LogP contribution in [0.5, 0.6) is 0 Å². The minimum atomic E-state index is 0.664. The second kappa shape index (κ2) is 17.5. The Balaban J connectivity index is 0.000000671. The van der Waals surface area contributed by atoms with Crippen molar-refractivity contribution in [3.63, 3.8) is 0 Å². The van der Waals surface area contributed by atoms with Gasteiger partial charge >= 0.3 is 0 Å². The summed E-state index contributed by atoms with van der Waals surface area (Å²) in [6.07, 6.45) is 7.75. The van der Waals surface area contributed by atoms with E-state index in [4.69, 9.17) is 0 Å². The van der Waals surface area contributed by atoms with Crippen LogP contribution in [0.2, 0.25) is 0 Å². The van der Waals surface area contributed by atoms with Gasteiger partial charge in [-0.15, -0.1) is 10.2 Å².